The van der Waals surface area contributed by atoms with Crippen LogP contribution in [0.1, 0.15) is 61.6 Å². The molecule has 2 nitrogen and oxygen atoms in total. The first-order valence-corrected chi connectivity index (χ1v) is 7.47. The first-order valence-electron chi connectivity index (χ1n) is 6.59. The van der Waals surface area contributed by atoms with Gasteiger partial charge in [-0.25, -0.2) is 4.98 Å². The van der Waals surface area contributed by atoms with Crippen molar-refractivity contribution in [1.82, 2.24) is 10.3 Å². The SMILES string of the molecule is c1sc(CNC2CCCCC2)nc1C1CC1. The molecule has 0 aliphatic heterocycles. The zero-order valence-electron chi connectivity index (χ0n) is 9.74. The maximum atomic E-state index is 4.71. The predicted octanol–water partition coefficient (Wildman–Crippen LogP) is 3.44. The van der Waals surface area contributed by atoms with Crippen LogP contribution in [0.3, 0.4) is 0 Å². The van der Waals surface area contributed by atoms with E-state index in [-0.39, 0.29) is 0 Å². The van der Waals surface area contributed by atoms with Gasteiger partial charge in [0.25, 0.3) is 0 Å². The van der Waals surface area contributed by atoms with E-state index in [4.69, 9.17) is 4.98 Å². The second-order valence-electron chi connectivity index (χ2n) is 5.16. The lowest BCUT2D eigenvalue weighted by Gasteiger charge is -2.22. The van der Waals surface area contributed by atoms with E-state index in [0.717, 1.165) is 18.5 Å². The van der Waals surface area contributed by atoms with E-state index < -0.39 is 0 Å². The molecule has 1 heterocycles. The quantitative estimate of drug-likeness (QED) is 0.866. The van der Waals surface area contributed by atoms with Gasteiger partial charge >= 0.3 is 0 Å². The molecule has 1 aromatic rings. The van der Waals surface area contributed by atoms with Crippen LogP contribution in [-0.4, -0.2) is 11.0 Å². The van der Waals surface area contributed by atoms with Crippen molar-refractivity contribution >= 4 is 11.3 Å². The zero-order chi connectivity index (χ0) is 10.8. The van der Waals surface area contributed by atoms with Crippen molar-refractivity contribution < 1.29 is 0 Å². The number of thiazole rings is 1. The van der Waals surface area contributed by atoms with Crippen LogP contribution in [0.5, 0.6) is 0 Å². The van der Waals surface area contributed by atoms with Crippen molar-refractivity contribution in [2.75, 3.05) is 0 Å². The smallest absolute Gasteiger partial charge is 0.107 e. The van der Waals surface area contributed by atoms with Crippen LogP contribution in [0, 0.1) is 0 Å². The number of rotatable bonds is 4. The maximum Gasteiger partial charge on any atom is 0.107 e. The second-order valence-corrected chi connectivity index (χ2v) is 6.10. The molecule has 2 aliphatic carbocycles. The highest BCUT2D eigenvalue weighted by Crippen LogP contribution is 2.40. The van der Waals surface area contributed by atoms with Gasteiger partial charge in [-0.15, -0.1) is 11.3 Å². The summed E-state index contributed by atoms with van der Waals surface area (Å²) in [4.78, 5) is 4.71. The Morgan fingerprint density at radius 1 is 1.19 bits per heavy atom. The lowest BCUT2D eigenvalue weighted by Crippen LogP contribution is -2.30. The molecule has 88 valence electrons. The van der Waals surface area contributed by atoms with Crippen LogP contribution >= 0.6 is 11.3 Å². The van der Waals surface area contributed by atoms with Crippen molar-refractivity contribution in [2.45, 2.75) is 63.5 Å². The average molecular weight is 236 g/mol. The van der Waals surface area contributed by atoms with Crippen LogP contribution < -0.4 is 5.32 Å². The Labute approximate surface area is 101 Å². The highest BCUT2D eigenvalue weighted by Gasteiger charge is 2.26. The van der Waals surface area contributed by atoms with Gasteiger partial charge in [0, 0.05) is 23.9 Å². The van der Waals surface area contributed by atoms with E-state index in [1.165, 1.54) is 55.6 Å². The zero-order valence-corrected chi connectivity index (χ0v) is 10.6. The summed E-state index contributed by atoms with van der Waals surface area (Å²) in [6, 6.07) is 0.752. The van der Waals surface area contributed by atoms with Gasteiger partial charge in [0.05, 0.1) is 5.69 Å². The summed E-state index contributed by atoms with van der Waals surface area (Å²) in [7, 11) is 0. The molecule has 1 aromatic heterocycles. The van der Waals surface area contributed by atoms with E-state index in [1.807, 2.05) is 11.3 Å². The van der Waals surface area contributed by atoms with E-state index >= 15 is 0 Å². The summed E-state index contributed by atoms with van der Waals surface area (Å²) < 4.78 is 0. The number of nitrogens with one attached hydrogen (secondary N) is 1. The van der Waals surface area contributed by atoms with Crippen LogP contribution in [0.15, 0.2) is 5.38 Å². The Morgan fingerprint density at radius 2 is 2.00 bits per heavy atom. The summed E-state index contributed by atoms with van der Waals surface area (Å²) in [6.07, 6.45) is 9.69. The molecule has 0 bridgehead atoms. The van der Waals surface area contributed by atoms with Crippen molar-refractivity contribution in [3.8, 4) is 0 Å². The third-order valence-corrected chi connectivity index (χ3v) is 4.58. The van der Waals surface area contributed by atoms with Crippen LogP contribution in [0.4, 0.5) is 0 Å². The molecule has 2 fully saturated rings. The molecule has 16 heavy (non-hydrogen) atoms. The minimum absolute atomic E-state index is 0.752. The van der Waals surface area contributed by atoms with Gasteiger partial charge in [-0.2, -0.15) is 0 Å². The molecule has 0 radical (unpaired) electrons. The van der Waals surface area contributed by atoms with Crippen molar-refractivity contribution in [3.63, 3.8) is 0 Å². The molecule has 0 saturated heterocycles. The Morgan fingerprint density at radius 3 is 2.75 bits per heavy atom. The normalized spacial score (nSPS) is 22.5. The number of aromatic nitrogens is 1. The van der Waals surface area contributed by atoms with Gasteiger partial charge in [0.15, 0.2) is 0 Å². The predicted molar refractivity (Wildman–Crippen MR) is 67.8 cm³/mol. The lowest BCUT2D eigenvalue weighted by molar-refractivity contribution is 0.372. The first-order chi connectivity index (χ1) is 7.92. The third kappa shape index (κ3) is 2.64. The van der Waals surface area contributed by atoms with E-state index in [0.29, 0.717) is 0 Å². The lowest BCUT2D eigenvalue weighted by atomic mass is 9.96. The highest BCUT2D eigenvalue weighted by molar-refractivity contribution is 7.09. The Kier molecular flexibility index (Phi) is 3.25. The first kappa shape index (κ1) is 10.7. The molecule has 3 rings (SSSR count). The second kappa shape index (κ2) is 4.84. The summed E-state index contributed by atoms with van der Waals surface area (Å²) in [5.41, 5.74) is 1.35. The van der Waals surface area contributed by atoms with Crippen LogP contribution in [0.25, 0.3) is 0 Å². The summed E-state index contributed by atoms with van der Waals surface area (Å²) in [5.74, 6) is 0.805. The monoisotopic (exact) mass is 236 g/mol. The largest absolute Gasteiger partial charge is 0.308 e. The van der Waals surface area contributed by atoms with Crippen molar-refractivity contribution in [1.29, 1.82) is 0 Å². The molecule has 2 aliphatic rings. The van der Waals surface area contributed by atoms with Gasteiger partial charge in [0.1, 0.15) is 5.01 Å². The standard InChI is InChI=1S/C13H20N2S/c1-2-4-11(5-3-1)14-8-13-15-12(9-16-13)10-6-7-10/h9-11,14H,1-8H2. The molecule has 2 saturated carbocycles. The molecule has 0 atom stereocenters. The molecular weight excluding hydrogens is 216 g/mol. The average Bonchev–Trinajstić information content (AvgIpc) is 3.08. The van der Waals surface area contributed by atoms with E-state index in [9.17, 15) is 0 Å². The molecule has 3 heteroatoms. The Balaban J connectivity index is 1.49. The van der Waals surface area contributed by atoms with Gasteiger partial charge in [0.2, 0.25) is 0 Å². The van der Waals surface area contributed by atoms with Crippen LogP contribution in [0.2, 0.25) is 0 Å². The fourth-order valence-corrected chi connectivity index (χ4v) is 3.34. The number of nitrogens with zero attached hydrogens (tertiary/aromatic N) is 1. The molecule has 0 aromatic carbocycles. The Bertz CT molecular complexity index is 337. The van der Waals surface area contributed by atoms with Crippen molar-refractivity contribution in [3.05, 3.63) is 16.1 Å². The summed E-state index contributed by atoms with van der Waals surface area (Å²) >= 11 is 1.83. The minimum atomic E-state index is 0.752. The fourth-order valence-electron chi connectivity index (χ4n) is 2.51. The maximum absolute atomic E-state index is 4.71. The molecule has 0 spiro atoms. The molecule has 0 amide bonds. The van der Waals surface area contributed by atoms with E-state index in [1.54, 1.807) is 0 Å². The van der Waals surface area contributed by atoms with Gasteiger partial charge in [-0.05, 0) is 25.7 Å². The summed E-state index contributed by atoms with van der Waals surface area (Å²) in [5, 5.41) is 7.20. The minimum Gasteiger partial charge on any atom is -0.308 e. The molecular formula is C13H20N2S. The third-order valence-electron chi connectivity index (χ3n) is 3.71. The van der Waals surface area contributed by atoms with Crippen molar-refractivity contribution in [2.24, 2.45) is 0 Å². The van der Waals surface area contributed by atoms with Gasteiger partial charge in [-0.3, -0.25) is 0 Å². The highest BCUT2D eigenvalue weighted by atomic mass is 32.1. The number of hydrogen-bond donors (Lipinski definition) is 1. The van der Waals surface area contributed by atoms with E-state index in [2.05, 4.69) is 10.7 Å². The Hall–Kier alpha value is -0.410. The van der Waals surface area contributed by atoms with Gasteiger partial charge < -0.3 is 5.32 Å². The van der Waals surface area contributed by atoms with Crippen LogP contribution in [-0.2, 0) is 6.54 Å². The molecule has 1 N–H and O–H groups in total. The molecule has 0 unspecified atom stereocenters. The van der Waals surface area contributed by atoms with Gasteiger partial charge in [-0.1, -0.05) is 19.3 Å². The fraction of sp³-hybridized carbons (Fsp3) is 0.769. The number of hydrogen-bond acceptors (Lipinski definition) is 3. The summed E-state index contributed by atoms with van der Waals surface area (Å²) in [6.45, 7) is 0.988. The topological polar surface area (TPSA) is 24.9 Å².